The minimum atomic E-state index is -1.10. The van der Waals surface area contributed by atoms with Gasteiger partial charge >= 0.3 is 12.0 Å². The fraction of sp³-hybridized carbons (Fsp3) is 0.667. The number of carbonyl (C=O) groups excluding carboxylic acids is 2. The first kappa shape index (κ1) is 15.6. The summed E-state index contributed by atoms with van der Waals surface area (Å²) < 4.78 is 0. The van der Waals surface area contributed by atoms with Crippen molar-refractivity contribution in [2.75, 3.05) is 25.6 Å². The first-order valence-corrected chi connectivity index (χ1v) is 6.29. The Balaban J connectivity index is 4.29. The van der Waals surface area contributed by atoms with E-state index < -0.39 is 23.9 Å². The zero-order chi connectivity index (χ0) is 13.4. The largest absolute Gasteiger partial charge is 0.480 e. The molecule has 0 aromatic heterocycles. The van der Waals surface area contributed by atoms with Gasteiger partial charge in [0.25, 0.3) is 0 Å². The number of carboxylic acids is 1. The highest BCUT2D eigenvalue weighted by Gasteiger charge is 2.21. The van der Waals surface area contributed by atoms with Crippen LogP contribution in [0.25, 0.3) is 0 Å². The van der Waals surface area contributed by atoms with Crippen molar-refractivity contribution in [1.29, 1.82) is 0 Å². The molecule has 0 aliphatic carbocycles. The van der Waals surface area contributed by atoms with Gasteiger partial charge in [0, 0.05) is 7.05 Å². The number of nitrogens with zero attached hydrogens (tertiary/aromatic N) is 1. The number of rotatable bonds is 7. The molecule has 0 saturated heterocycles. The smallest absolute Gasteiger partial charge is 0.326 e. The predicted octanol–water partition coefficient (Wildman–Crippen LogP) is -0.681. The number of hydrogen-bond acceptors (Lipinski definition) is 4. The summed E-state index contributed by atoms with van der Waals surface area (Å²) in [5, 5.41) is 11.2. The number of thioether (sulfide) groups is 1. The number of urea groups is 1. The molecule has 0 aliphatic heterocycles. The number of nitrogens with two attached hydrogens (primary N) is 1. The van der Waals surface area contributed by atoms with Crippen molar-refractivity contribution in [3.63, 3.8) is 0 Å². The number of carbonyl (C=O) groups is 3. The monoisotopic (exact) mass is 263 g/mol. The second-order valence-corrected chi connectivity index (χ2v) is 4.43. The summed E-state index contributed by atoms with van der Waals surface area (Å²) in [5.41, 5.74) is 4.92. The number of nitrogens with one attached hydrogen (secondary N) is 1. The quantitative estimate of drug-likeness (QED) is 0.563. The van der Waals surface area contributed by atoms with Gasteiger partial charge in [0.2, 0.25) is 5.91 Å². The van der Waals surface area contributed by atoms with Gasteiger partial charge in [-0.25, -0.2) is 9.59 Å². The molecular weight excluding hydrogens is 246 g/mol. The van der Waals surface area contributed by atoms with Crippen LogP contribution in [-0.2, 0) is 9.59 Å². The Bertz CT molecular complexity index is 298. The number of amides is 3. The molecule has 0 saturated carbocycles. The fourth-order valence-corrected chi connectivity index (χ4v) is 1.53. The van der Waals surface area contributed by atoms with Crippen LogP contribution in [0.1, 0.15) is 6.42 Å². The van der Waals surface area contributed by atoms with Crippen molar-refractivity contribution in [2.45, 2.75) is 12.5 Å². The Kier molecular flexibility index (Phi) is 7.11. The Hall–Kier alpha value is -1.44. The number of aliphatic carboxylic acids is 1. The average molecular weight is 263 g/mol. The summed E-state index contributed by atoms with van der Waals surface area (Å²) in [6.07, 6.45) is 2.17. The second-order valence-electron chi connectivity index (χ2n) is 3.44. The van der Waals surface area contributed by atoms with Crippen LogP contribution < -0.4 is 11.1 Å². The zero-order valence-electron chi connectivity index (χ0n) is 9.80. The maximum Gasteiger partial charge on any atom is 0.326 e. The highest BCUT2D eigenvalue weighted by molar-refractivity contribution is 7.98. The lowest BCUT2D eigenvalue weighted by Gasteiger charge is -2.20. The van der Waals surface area contributed by atoms with Crippen LogP contribution in [0.15, 0.2) is 0 Å². The van der Waals surface area contributed by atoms with Gasteiger partial charge in [-0.15, -0.1) is 0 Å². The minimum absolute atomic E-state index is 0.249. The van der Waals surface area contributed by atoms with Crippen LogP contribution in [0, 0.1) is 0 Å². The van der Waals surface area contributed by atoms with Crippen LogP contribution in [-0.4, -0.2) is 59.6 Å². The summed E-state index contributed by atoms with van der Waals surface area (Å²) in [6, 6.07) is -1.58. The highest BCUT2D eigenvalue weighted by Crippen LogP contribution is 2.01. The van der Waals surface area contributed by atoms with Gasteiger partial charge < -0.3 is 21.1 Å². The molecular formula is C9H17N3O4S. The lowest BCUT2D eigenvalue weighted by atomic mass is 10.2. The van der Waals surface area contributed by atoms with Crippen LogP contribution in [0.2, 0.25) is 0 Å². The van der Waals surface area contributed by atoms with E-state index in [9.17, 15) is 14.4 Å². The van der Waals surface area contributed by atoms with Gasteiger partial charge in [-0.1, -0.05) is 0 Å². The number of likely N-dealkylation sites (N-methyl/N-ethyl adjacent to an activating group) is 1. The molecule has 0 aliphatic rings. The Morgan fingerprint density at radius 2 is 2.06 bits per heavy atom. The Labute approximate surface area is 104 Å². The van der Waals surface area contributed by atoms with E-state index in [1.165, 1.54) is 18.8 Å². The maximum absolute atomic E-state index is 11.5. The van der Waals surface area contributed by atoms with Crippen molar-refractivity contribution >= 4 is 29.7 Å². The third-order valence-electron chi connectivity index (χ3n) is 1.95. The van der Waals surface area contributed by atoms with Gasteiger partial charge in [-0.3, -0.25) is 4.79 Å². The number of hydrogen-bond donors (Lipinski definition) is 3. The van der Waals surface area contributed by atoms with Crippen molar-refractivity contribution < 1.29 is 19.5 Å². The van der Waals surface area contributed by atoms with E-state index in [0.29, 0.717) is 12.2 Å². The first-order valence-electron chi connectivity index (χ1n) is 4.90. The molecule has 1 atom stereocenters. The predicted molar refractivity (Wildman–Crippen MR) is 64.8 cm³/mol. The zero-order valence-corrected chi connectivity index (χ0v) is 10.6. The Morgan fingerprint density at radius 3 is 2.47 bits per heavy atom. The molecule has 0 aromatic carbocycles. The maximum atomic E-state index is 11.5. The molecule has 0 spiro atoms. The third kappa shape index (κ3) is 6.67. The molecule has 3 amide bonds. The van der Waals surface area contributed by atoms with E-state index in [-0.39, 0.29) is 6.54 Å². The van der Waals surface area contributed by atoms with Gasteiger partial charge in [0.1, 0.15) is 12.6 Å². The molecule has 8 heteroatoms. The molecule has 98 valence electrons. The summed E-state index contributed by atoms with van der Waals surface area (Å²) in [5.74, 6) is -1.13. The van der Waals surface area contributed by atoms with E-state index in [2.05, 4.69) is 5.32 Å². The lowest BCUT2D eigenvalue weighted by Crippen LogP contribution is -2.48. The van der Waals surface area contributed by atoms with E-state index in [4.69, 9.17) is 10.8 Å². The molecule has 17 heavy (non-hydrogen) atoms. The van der Waals surface area contributed by atoms with Gasteiger partial charge in [-0.2, -0.15) is 11.8 Å². The second kappa shape index (κ2) is 7.77. The Morgan fingerprint density at radius 1 is 1.47 bits per heavy atom. The summed E-state index contributed by atoms with van der Waals surface area (Å²) in [4.78, 5) is 34.0. The van der Waals surface area contributed by atoms with Crippen LogP contribution in [0.4, 0.5) is 4.79 Å². The molecule has 4 N–H and O–H groups in total. The third-order valence-corrected chi connectivity index (χ3v) is 2.59. The molecule has 0 rings (SSSR count). The SMILES string of the molecule is CSCC[C@@H](NC(=O)N(C)CC(N)=O)C(=O)O. The van der Waals surface area contributed by atoms with Gasteiger partial charge in [0.15, 0.2) is 0 Å². The molecule has 0 heterocycles. The normalized spacial score (nSPS) is 11.6. The summed E-state index contributed by atoms with van der Waals surface area (Å²) in [7, 11) is 1.37. The minimum Gasteiger partial charge on any atom is -0.480 e. The highest BCUT2D eigenvalue weighted by atomic mass is 32.2. The van der Waals surface area contributed by atoms with Crippen LogP contribution in [0.3, 0.4) is 0 Å². The van der Waals surface area contributed by atoms with Crippen molar-refractivity contribution in [2.24, 2.45) is 5.73 Å². The fourth-order valence-electron chi connectivity index (χ4n) is 1.06. The van der Waals surface area contributed by atoms with E-state index in [1.54, 1.807) is 0 Å². The summed E-state index contributed by atoms with van der Waals surface area (Å²) in [6.45, 7) is -0.249. The van der Waals surface area contributed by atoms with E-state index in [0.717, 1.165) is 4.90 Å². The molecule has 0 bridgehead atoms. The van der Waals surface area contributed by atoms with Crippen LogP contribution >= 0.6 is 11.8 Å². The first-order chi connectivity index (χ1) is 7.88. The van der Waals surface area contributed by atoms with Crippen molar-refractivity contribution in [3.8, 4) is 0 Å². The number of carboxylic acid groups (broad SMARTS) is 1. The van der Waals surface area contributed by atoms with Gasteiger partial charge in [-0.05, 0) is 18.4 Å². The molecule has 0 fully saturated rings. The molecule has 0 aromatic rings. The summed E-state index contributed by atoms with van der Waals surface area (Å²) >= 11 is 1.49. The van der Waals surface area contributed by atoms with Gasteiger partial charge in [0.05, 0.1) is 0 Å². The number of primary amides is 1. The molecule has 7 nitrogen and oxygen atoms in total. The average Bonchev–Trinajstić information content (AvgIpc) is 2.22. The molecule has 0 unspecified atom stereocenters. The van der Waals surface area contributed by atoms with Crippen molar-refractivity contribution in [3.05, 3.63) is 0 Å². The molecule has 0 radical (unpaired) electrons. The topological polar surface area (TPSA) is 113 Å². The van der Waals surface area contributed by atoms with E-state index in [1.807, 2.05) is 6.26 Å². The standard InChI is InChI=1S/C9H17N3O4S/c1-12(5-7(10)13)9(16)11-6(8(14)15)3-4-17-2/h6H,3-5H2,1-2H3,(H2,10,13)(H,11,16)(H,14,15)/t6-/m1/s1. The lowest BCUT2D eigenvalue weighted by molar-refractivity contribution is -0.139. The van der Waals surface area contributed by atoms with Crippen molar-refractivity contribution in [1.82, 2.24) is 10.2 Å². The van der Waals surface area contributed by atoms with E-state index >= 15 is 0 Å². The van der Waals surface area contributed by atoms with Crippen LogP contribution in [0.5, 0.6) is 0 Å².